The number of rotatable bonds is 3. The zero-order chi connectivity index (χ0) is 10.2. The average molecular weight is 193 g/mol. The predicted octanol–water partition coefficient (Wildman–Crippen LogP) is 0.647. The molecule has 4 nitrogen and oxygen atoms in total. The Hall–Kier alpha value is -1.55. The van der Waals surface area contributed by atoms with Gasteiger partial charge in [-0.15, -0.1) is 0 Å². The molecule has 2 rings (SSSR count). The van der Waals surface area contributed by atoms with E-state index in [1.54, 1.807) is 24.3 Å². The smallest absolute Gasteiger partial charge is 0.252 e. The second-order valence-corrected chi connectivity index (χ2v) is 3.41. The molecule has 0 unspecified atom stereocenters. The third-order valence-corrected chi connectivity index (χ3v) is 2.13. The van der Waals surface area contributed by atoms with Crippen LogP contribution < -0.4 is 10.5 Å². The summed E-state index contributed by atoms with van der Waals surface area (Å²) in [5.74, 6) is -1.28. The molecule has 0 bridgehead atoms. The van der Waals surface area contributed by atoms with E-state index >= 15 is 0 Å². The average Bonchev–Trinajstić information content (AvgIpc) is 2.84. The number of hydrogen-bond donors (Lipinski definition) is 2. The summed E-state index contributed by atoms with van der Waals surface area (Å²) in [5, 5.41) is 9.51. The summed E-state index contributed by atoms with van der Waals surface area (Å²) in [5.41, 5.74) is 5.45. The Bertz CT molecular complexity index is 371. The molecule has 1 aromatic carbocycles. The monoisotopic (exact) mass is 193 g/mol. The molecule has 1 aliphatic rings. The summed E-state index contributed by atoms with van der Waals surface area (Å²) >= 11 is 0. The molecule has 0 saturated heterocycles. The normalized spacial score (nSPS) is 17.5. The van der Waals surface area contributed by atoms with Crippen molar-refractivity contribution in [3.8, 4) is 5.75 Å². The minimum atomic E-state index is -1.08. The van der Waals surface area contributed by atoms with Crippen LogP contribution in [0.25, 0.3) is 0 Å². The van der Waals surface area contributed by atoms with Gasteiger partial charge < -0.3 is 15.6 Å². The van der Waals surface area contributed by atoms with Gasteiger partial charge in [0.1, 0.15) is 5.75 Å². The molecule has 0 heterocycles. The number of hydrogen-bond acceptors (Lipinski definition) is 3. The van der Waals surface area contributed by atoms with Gasteiger partial charge >= 0.3 is 0 Å². The van der Waals surface area contributed by atoms with Gasteiger partial charge in [-0.05, 0) is 12.1 Å². The fourth-order valence-electron chi connectivity index (χ4n) is 1.17. The van der Waals surface area contributed by atoms with Crippen molar-refractivity contribution in [1.29, 1.82) is 0 Å². The number of para-hydroxylation sites is 1. The van der Waals surface area contributed by atoms with Gasteiger partial charge in [-0.3, -0.25) is 4.79 Å². The molecule has 0 spiro atoms. The Morgan fingerprint density at radius 2 is 2.07 bits per heavy atom. The van der Waals surface area contributed by atoms with Gasteiger partial charge in [-0.25, -0.2) is 0 Å². The number of aliphatic hydroxyl groups is 1. The van der Waals surface area contributed by atoms with Gasteiger partial charge in [0.15, 0.2) is 0 Å². The Kier molecular flexibility index (Phi) is 1.93. The molecule has 1 fully saturated rings. The van der Waals surface area contributed by atoms with Gasteiger partial charge in [-0.1, -0.05) is 12.1 Å². The number of primary amides is 1. The maximum atomic E-state index is 11.0. The lowest BCUT2D eigenvalue weighted by molar-refractivity contribution is -0.0448. The highest BCUT2D eigenvalue weighted by Gasteiger charge is 2.44. The maximum absolute atomic E-state index is 11.0. The highest BCUT2D eigenvalue weighted by atomic mass is 16.6. The van der Waals surface area contributed by atoms with Crippen LogP contribution in [0, 0.1) is 0 Å². The molecule has 4 heteroatoms. The van der Waals surface area contributed by atoms with Crippen molar-refractivity contribution in [1.82, 2.24) is 0 Å². The van der Waals surface area contributed by atoms with E-state index in [2.05, 4.69) is 0 Å². The van der Waals surface area contributed by atoms with E-state index in [-0.39, 0.29) is 0 Å². The summed E-state index contributed by atoms with van der Waals surface area (Å²) in [6.45, 7) is 0. The summed E-state index contributed by atoms with van der Waals surface area (Å²) in [4.78, 5) is 11.0. The third-order valence-electron chi connectivity index (χ3n) is 2.13. The topological polar surface area (TPSA) is 72.6 Å². The number of carbonyl (C=O) groups excluding carboxylic acids is 1. The van der Waals surface area contributed by atoms with Crippen molar-refractivity contribution in [2.75, 3.05) is 0 Å². The summed E-state index contributed by atoms with van der Waals surface area (Å²) < 4.78 is 5.26. The van der Waals surface area contributed by atoms with Crippen molar-refractivity contribution in [3.63, 3.8) is 0 Å². The maximum Gasteiger partial charge on any atom is 0.252 e. The van der Waals surface area contributed by atoms with Crippen LogP contribution in [0.2, 0.25) is 0 Å². The molecule has 0 radical (unpaired) electrons. The first-order valence-electron chi connectivity index (χ1n) is 4.41. The zero-order valence-electron chi connectivity index (χ0n) is 7.56. The first-order chi connectivity index (χ1) is 6.61. The molecule has 74 valence electrons. The Balaban J connectivity index is 2.27. The SMILES string of the molecule is NC(=O)c1ccccc1OC1(O)CC1. The molecule has 14 heavy (non-hydrogen) atoms. The molecule has 0 aliphatic heterocycles. The standard InChI is InChI=1S/C10H11NO3/c11-9(12)7-3-1-2-4-8(7)14-10(13)5-6-10/h1-4,13H,5-6H2,(H2,11,12). The molecule has 1 amide bonds. The van der Waals surface area contributed by atoms with Crippen LogP contribution in [0.5, 0.6) is 5.75 Å². The number of benzene rings is 1. The number of nitrogens with two attached hydrogens (primary N) is 1. The van der Waals surface area contributed by atoms with E-state index in [1.807, 2.05) is 0 Å². The second kappa shape index (κ2) is 2.99. The first kappa shape index (κ1) is 9.02. The van der Waals surface area contributed by atoms with Crippen LogP contribution in [0.4, 0.5) is 0 Å². The highest BCUT2D eigenvalue weighted by molar-refractivity contribution is 5.95. The fraction of sp³-hybridized carbons (Fsp3) is 0.300. The van der Waals surface area contributed by atoms with Crippen molar-refractivity contribution in [2.24, 2.45) is 5.73 Å². The lowest BCUT2D eigenvalue weighted by Crippen LogP contribution is -2.20. The molecule has 1 aliphatic carbocycles. The van der Waals surface area contributed by atoms with Gasteiger partial charge in [-0.2, -0.15) is 0 Å². The second-order valence-electron chi connectivity index (χ2n) is 3.41. The van der Waals surface area contributed by atoms with Crippen LogP contribution in [-0.4, -0.2) is 16.8 Å². The molecule has 0 atom stereocenters. The van der Waals surface area contributed by atoms with E-state index < -0.39 is 11.7 Å². The van der Waals surface area contributed by atoms with Gasteiger partial charge in [0.05, 0.1) is 5.56 Å². The van der Waals surface area contributed by atoms with E-state index in [4.69, 9.17) is 10.5 Å². The van der Waals surface area contributed by atoms with Gasteiger partial charge in [0.2, 0.25) is 5.79 Å². The largest absolute Gasteiger partial charge is 0.462 e. The van der Waals surface area contributed by atoms with E-state index in [9.17, 15) is 9.90 Å². The Morgan fingerprint density at radius 1 is 1.43 bits per heavy atom. The van der Waals surface area contributed by atoms with E-state index in [0.29, 0.717) is 24.2 Å². The van der Waals surface area contributed by atoms with E-state index in [1.165, 1.54) is 0 Å². The Morgan fingerprint density at radius 3 is 2.64 bits per heavy atom. The summed E-state index contributed by atoms with van der Waals surface area (Å²) in [6.07, 6.45) is 1.19. The summed E-state index contributed by atoms with van der Waals surface area (Å²) in [7, 11) is 0. The van der Waals surface area contributed by atoms with Crippen molar-refractivity contribution in [2.45, 2.75) is 18.6 Å². The van der Waals surface area contributed by atoms with Crippen molar-refractivity contribution >= 4 is 5.91 Å². The third kappa shape index (κ3) is 1.70. The van der Waals surface area contributed by atoms with Crippen LogP contribution in [-0.2, 0) is 0 Å². The number of amides is 1. The minimum Gasteiger partial charge on any atom is -0.462 e. The van der Waals surface area contributed by atoms with Crippen molar-refractivity contribution in [3.05, 3.63) is 29.8 Å². The van der Waals surface area contributed by atoms with E-state index in [0.717, 1.165) is 0 Å². The van der Waals surface area contributed by atoms with Gasteiger partial charge in [0.25, 0.3) is 5.91 Å². The molecular weight excluding hydrogens is 182 g/mol. The number of ether oxygens (including phenoxy) is 1. The van der Waals surface area contributed by atoms with Crippen LogP contribution >= 0.6 is 0 Å². The molecule has 3 N–H and O–H groups in total. The first-order valence-corrected chi connectivity index (χ1v) is 4.41. The highest BCUT2D eigenvalue weighted by Crippen LogP contribution is 2.38. The molecule has 1 saturated carbocycles. The lowest BCUT2D eigenvalue weighted by Gasteiger charge is -2.13. The van der Waals surface area contributed by atoms with Crippen molar-refractivity contribution < 1.29 is 14.6 Å². The molecule has 0 aromatic heterocycles. The summed E-state index contributed by atoms with van der Waals surface area (Å²) in [6, 6.07) is 6.62. The molecular formula is C10H11NO3. The predicted molar refractivity (Wildman–Crippen MR) is 49.8 cm³/mol. The number of carbonyl (C=O) groups is 1. The fourth-order valence-corrected chi connectivity index (χ4v) is 1.17. The zero-order valence-corrected chi connectivity index (χ0v) is 7.56. The van der Waals surface area contributed by atoms with Crippen LogP contribution in [0.15, 0.2) is 24.3 Å². The minimum absolute atomic E-state index is 0.299. The quantitative estimate of drug-likeness (QED) is 0.692. The molecule has 1 aromatic rings. The van der Waals surface area contributed by atoms with Crippen LogP contribution in [0.1, 0.15) is 23.2 Å². The van der Waals surface area contributed by atoms with Gasteiger partial charge in [0, 0.05) is 12.8 Å². The lowest BCUT2D eigenvalue weighted by atomic mass is 10.2. The Labute approximate surface area is 81.3 Å². The van der Waals surface area contributed by atoms with Crippen LogP contribution in [0.3, 0.4) is 0 Å².